The van der Waals surface area contributed by atoms with Gasteiger partial charge in [-0.1, -0.05) is 6.92 Å². The maximum absolute atomic E-state index is 13.7. The second-order valence-electron chi connectivity index (χ2n) is 8.75. The minimum atomic E-state index is -5.26. The van der Waals surface area contributed by atoms with E-state index < -0.39 is 77.2 Å². The van der Waals surface area contributed by atoms with Gasteiger partial charge in [0.05, 0.1) is 47.8 Å². The Morgan fingerprint density at radius 3 is 1.85 bits per heavy atom. The highest BCUT2D eigenvalue weighted by Crippen LogP contribution is 2.46. The van der Waals surface area contributed by atoms with E-state index >= 15 is 0 Å². The number of benzene rings is 2. The Morgan fingerprint density at radius 1 is 0.850 bits per heavy atom. The van der Waals surface area contributed by atoms with E-state index in [9.17, 15) is 49.1 Å². The third kappa shape index (κ3) is 6.22. The molecule has 2 atom stereocenters. The van der Waals surface area contributed by atoms with Gasteiger partial charge in [0.25, 0.3) is 0 Å². The summed E-state index contributed by atoms with van der Waals surface area (Å²) in [5.41, 5.74) is -6.16. The lowest BCUT2D eigenvalue weighted by atomic mass is 9.95. The number of carbonyl (C=O) groups excluding carboxylic acids is 2. The second-order valence-corrected chi connectivity index (χ2v) is 8.75. The van der Waals surface area contributed by atoms with Crippen molar-refractivity contribution in [3.63, 3.8) is 0 Å². The Bertz CT molecular complexity index is 1230. The van der Waals surface area contributed by atoms with E-state index in [0.29, 0.717) is 24.3 Å². The zero-order valence-electron chi connectivity index (χ0n) is 21.2. The number of hydrogen-bond acceptors (Lipinski definition) is 5. The summed E-state index contributed by atoms with van der Waals surface area (Å²) >= 11 is 0. The monoisotopic (exact) mass is 586 g/mol. The summed E-state index contributed by atoms with van der Waals surface area (Å²) in [7, 11) is 0.826. The zero-order chi connectivity index (χ0) is 30.2. The largest absolute Gasteiger partial charge is 0.467 e. The van der Waals surface area contributed by atoms with Crippen LogP contribution in [0.4, 0.5) is 55.7 Å². The molecule has 0 saturated heterocycles. The van der Waals surface area contributed by atoms with Gasteiger partial charge in [-0.25, -0.2) is 9.59 Å². The summed E-state index contributed by atoms with van der Waals surface area (Å²) in [6.45, 7) is 2.52. The van der Waals surface area contributed by atoms with E-state index in [4.69, 9.17) is 9.47 Å². The average Bonchev–Trinajstić information content (AvgIpc) is 2.86. The molecule has 0 N–H and O–H groups in total. The van der Waals surface area contributed by atoms with Gasteiger partial charge in [0.15, 0.2) is 6.04 Å². The molecular formula is C25H23F9N2O4. The third-order valence-electron chi connectivity index (χ3n) is 6.24. The molecular weight excluding hydrogens is 563 g/mol. The van der Waals surface area contributed by atoms with Crippen LogP contribution in [0.2, 0.25) is 0 Å². The summed E-state index contributed by atoms with van der Waals surface area (Å²) in [5.74, 6) is -1.34. The number of hydrogen-bond donors (Lipinski definition) is 0. The van der Waals surface area contributed by atoms with Gasteiger partial charge in [0.1, 0.15) is 0 Å². The normalized spacial score (nSPS) is 16.9. The fourth-order valence-corrected chi connectivity index (χ4v) is 4.43. The molecule has 2 aromatic rings. The number of nitrogens with zero attached hydrogens (tertiary/aromatic N) is 2. The number of carbonyl (C=O) groups is 2. The van der Waals surface area contributed by atoms with E-state index in [1.807, 2.05) is 0 Å². The number of rotatable bonds is 5. The number of methoxy groups -OCH3 is 1. The molecule has 40 heavy (non-hydrogen) atoms. The lowest BCUT2D eigenvalue weighted by Gasteiger charge is -2.45. The van der Waals surface area contributed by atoms with Crippen molar-refractivity contribution >= 4 is 23.4 Å². The van der Waals surface area contributed by atoms with Gasteiger partial charge in [-0.3, -0.25) is 4.90 Å². The number of alkyl halides is 9. The Labute approximate surface area is 222 Å². The molecule has 0 radical (unpaired) electrons. The first-order valence-corrected chi connectivity index (χ1v) is 11.7. The average molecular weight is 586 g/mol. The van der Waals surface area contributed by atoms with Crippen LogP contribution in [0.25, 0.3) is 0 Å². The molecule has 1 amide bonds. The Morgan fingerprint density at radius 2 is 1.40 bits per heavy atom. The Kier molecular flexibility index (Phi) is 8.56. The number of fused-ring (bicyclic) bond motifs is 1. The molecule has 0 aliphatic carbocycles. The fraction of sp³-hybridized carbons (Fsp3) is 0.440. The number of anilines is 2. The summed E-state index contributed by atoms with van der Waals surface area (Å²) in [6.07, 6.45) is -16.3. The van der Waals surface area contributed by atoms with E-state index in [-0.39, 0.29) is 24.8 Å². The van der Waals surface area contributed by atoms with Crippen molar-refractivity contribution < 1.29 is 58.6 Å². The molecule has 0 bridgehead atoms. The number of halogens is 9. The first kappa shape index (κ1) is 30.9. The first-order chi connectivity index (χ1) is 18.4. The molecule has 15 heteroatoms. The molecule has 0 spiro atoms. The summed E-state index contributed by atoms with van der Waals surface area (Å²) in [5, 5.41) is 0. The molecule has 1 aliphatic rings. The van der Waals surface area contributed by atoms with Crippen LogP contribution < -0.4 is 9.80 Å². The van der Waals surface area contributed by atoms with Crippen molar-refractivity contribution in [2.45, 2.75) is 50.9 Å². The third-order valence-corrected chi connectivity index (χ3v) is 6.24. The van der Waals surface area contributed by atoms with Crippen molar-refractivity contribution in [3.8, 4) is 0 Å². The van der Waals surface area contributed by atoms with Crippen LogP contribution in [0.15, 0.2) is 36.4 Å². The van der Waals surface area contributed by atoms with Gasteiger partial charge >= 0.3 is 30.6 Å². The maximum atomic E-state index is 13.7. The van der Waals surface area contributed by atoms with Crippen molar-refractivity contribution in [3.05, 3.63) is 58.7 Å². The van der Waals surface area contributed by atoms with E-state index in [1.54, 1.807) is 6.92 Å². The van der Waals surface area contributed by atoms with Gasteiger partial charge in [-0.05, 0) is 55.3 Å². The molecule has 0 aromatic heterocycles. The number of esters is 1. The van der Waals surface area contributed by atoms with E-state index in [0.717, 1.165) is 23.0 Å². The Balaban J connectivity index is 2.36. The smallest absolute Gasteiger partial charge is 0.416 e. The van der Waals surface area contributed by atoms with Crippen LogP contribution in [0.5, 0.6) is 0 Å². The minimum Gasteiger partial charge on any atom is -0.467 e. The number of ether oxygens (including phenoxy) is 2. The molecule has 2 aromatic carbocycles. The van der Waals surface area contributed by atoms with Crippen LogP contribution >= 0.6 is 0 Å². The standard InChI is InChI=1S/C25H23F9N2O4/c1-4-17-12-35(19-11-14(23(26,27)28)6-7-18(19)36(17)22(38)40-5-2)20(21(37)39-3)13-8-15(24(29,30)31)10-16(9-13)25(32,33)34/h6-11,17,20H,4-5,12H2,1-3H3/t17-,20+/m1/s1. The van der Waals surface area contributed by atoms with Gasteiger partial charge in [0, 0.05) is 6.54 Å². The molecule has 0 fully saturated rings. The van der Waals surface area contributed by atoms with Crippen molar-refractivity contribution in [2.75, 3.05) is 30.1 Å². The fourth-order valence-electron chi connectivity index (χ4n) is 4.43. The summed E-state index contributed by atoms with van der Waals surface area (Å²) in [4.78, 5) is 27.7. The van der Waals surface area contributed by atoms with Crippen LogP contribution in [0.1, 0.15) is 48.6 Å². The highest BCUT2D eigenvalue weighted by atomic mass is 19.4. The molecule has 1 aliphatic heterocycles. The summed E-state index contributed by atoms with van der Waals surface area (Å²) < 4.78 is 132. The lowest BCUT2D eigenvalue weighted by Crippen LogP contribution is -2.53. The van der Waals surface area contributed by atoms with Crippen molar-refractivity contribution in [1.82, 2.24) is 0 Å². The first-order valence-electron chi connectivity index (χ1n) is 11.7. The highest BCUT2D eigenvalue weighted by Gasteiger charge is 2.44. The van der Waals surface area contributed by atoms with Crippen molar-refractivity contribution in [1.29, 1.82) is 0 Å². The van der Waals surface area contributed by atoms with E-state index in [2.05, 4.69) is 0 Å². The predicted octanol–water partition coefficient (Wildman–Crippen LogP) is 7.22. The quantitative estimate of drug-likeness (QED) is 0.274. The van der Waals surface area contributed by atoms with Crippen molar-refractivity contribution in [2.24, 2.45) is 0 Å². The maximum Gasteiger partial charge on any atom is 0.416 e. The van der Waals surface area contributed by atoms with Gasteiger partial charge in [0.2, 0.25) is 0 Å². The van der Waals surface area contributed by atoms with Gasteiger partial charge in [-0.15, -0.1) is 0 Å². The van der Waals surface area contributed by atoms with Crippen LogP contribution in [0.3, 0.4) is 0 Å². The highest BCUT2D eigenvalue weighted by molar-refractivity contribution is 5.96. The second kappa shape index (κ2) is 11.1. The topological polar surface area (TPSA) is 59.1 Å². The minimum absolute atomic E-state index is 0.0965. The molecule has 0 saturated carbocycles. The SMILES string of the molecule is CCOC(=O)N1c2ccc(C(F)(F)F)cc2N([C@H](C(=O)OC)c2cc(C(F)(F)F)cc(C(F)(F)F)c2)C[C@H]1CC. The van der Waals surface area contributed by atoms with E-state index in [1.165, 1.54) is 6.92 Å². The van der Waals surface area contributed by atoms with Crippen LogP contribution in [-0.2, 0) is 32.8 Å². The van der Waals surface area contributed by atoms with Gasteiger partial charge in [-0.2, -0.15) is 39.5 Å². The van der Waals surface area contributed by atoms with Crippen LogP contribution in [-0.4, -0.2) is 38.4 Å². The summed E-state index contributed by atoms with van der Waals surface area (Å²) in [6, 6.07) is -0.335. The lowest BCUT2D eigenvalue weighted by molar-refractivity contribution is -0.145. The number of amides is 1. The molecule has 3 rings (SSSR count). The van der Waals surface area contributed by atoms with Gasteiger partial charge < -0.3 is 14.4 Å². The van der Waals surface area contributed by atoms with Crippen LogP contribution in [0, 0.1) is 0 Å². The predicted molar refractivity (Wildman–Crippen MR) is 124 cm³/mol. The molecule has 0 unspecified atom stereocenters. The molecule has 6 nitrogen and oxygen atoms in total. The molecule has 1 heterocycles. The Hall–Kier alpha value is -3.65. The molecule has 220 valence electrons. The zero-order valence-corrected chi connectivity index (χ0v) is 21.2.